The van der Waals surface area contributed by atoms with Crippen molar-refractivity contribution in [3.63, 3.8) is 0 Å². The number of thiophene rings is 1. The fourth-order valence-corrected chi connectivity index (χ4v) is 2.93. The molecule has 0 radical (unpaired) electrons. The number of nitrogens with one attached hydrogen (secondary N) is 2. The summed E-state index contributed by atoms with van der Waals surface area (Å²) in [5, 5.41) is 8.92. The van der Waals surface area contributed by atoms with Gasteiger partial charge in [-0.15, -0.1) is 11.3 Å². The molecule has 0 saturated heterocycles. The van der Waals surface area contributed by atoms with E-state index in [-0.39, 0.29) is 0 Å². The van der Waals surface area contributed by atoms with Gasteiger partial charge >= 0.3 is 0 Å². The highest BCUT2D eigenvalue weighted by Crippen LogP contribution is 2.48. The molecule has 1 aromatic heterocycles. The number of rotatable bonds is 9. The first kappa shape index (κ1) is 16.3. The third-order valence-electron chi connectivity index (χ3n) is 3.89. The van der Waals surface area contributed by atoms with Gasteiger partial charge in [-0.05, 0) is 50.0 Å². The minimum absolute atomic E-state index is 0.439. The van der Waals surface area contributed by atoms with E-state index in [9.17, 15) is 0 Å². The summed E-state index contributed by atoms with van der Waals surface area (Å²) in [7, 11) is 0. The quantitative estimate of drug-likeness (QED) is 0.419. The van der Waals surface area contributed by atoms with E-state index in [0.717, 1.165) is 45.2 Å². The van der Waals surface area contributed by atoms with Gasteiger partial charge in [0.25, 0.3) is 0 Å². The first-order valence-electron chi connectivity index (χ1n) is 7.90. The molecule has 0 amide bonds. The average Bonchev–Trinajstić information content (AvgIpc) is 3.06. The molecule has 0 unspecified atom stereocenters. The van der Waals surface area contributed by atoms with E-state index in [0.29, 0.717) is 5.41 Å². The van der Waals surface area contributed by atoms with Gasteiger partial charge < -0.3 is 15.4 Å². The van der Waals surface area contributed by atoms with Crippen LogP contribution in [0.25, 0.3) is 0 Å². The van der Waals surface area contributed by atoms with E-state index in [1.807, 2.05) is 0 Å². The van der Waals surface area contributed by atoms with E-state index >= 15 is 0 Å². The number of hydrogen-bond donors (Lipinski definition) is 2. The van der Waals surface area contributed by atoms with Crippen molar-refractivity contribution in [2.75, 3.05) is 26.3 Å². The molecule has 0 aliphatic heterocycles. The second kappa shape index (κ2) is 8.39. The van der Waals surface area contributed by atoms with Crippen LogP contribution in [0.3, 0.4) is 0 Å². The number of hydrogen-bond acceptors (Lipinski definition) is 3. The van der Waals surface area contributed by atoms with Gasteiger partial charge in [-0.25, -0.2) is 4.99 Å². The van der Waals surface area contributed by atoms with Crippen LogP contribution < -0.4 is 10.6 Å². The molecule has 1 aromatic rings. The summed E-state index contributed by atoms with van der Waals surface area (Å²) in [4.78, 5) is 5.95. The van der Waals surface area contributed by atoms with Crippen LogP contribution in [0, 0.1) is 5.41 Å². The number of ether oxygens (including phenoxy) is 1. The minimum atomic E-state index is 0.439. The van der Waals surface area contributed by atoms with Crippen molar-refractivity contribution >= 4 is 17.3 Å². The van der Waals surface area contributed by atoms with Crippen LogP contribution in [0.15, 0.2) is 22.5 Å². The highest BCUT2D eigenvalue weighted by molar-refractivity contribution is 7.09. The van der Waals surface area contributed by atoms with Crippen LogP contribution >= 0.6 is 11.3 Å². The maximum atomic E-state index is 5.49. The Morgan fingerprint density at radius 1 is 1.38 bits per heavy atom. The first-order valence-corrected chi connectivity index (χ1v) is 8.78. The van der Waals surface area contributed by atoms with Crippen LogP contribution in [0.1, 0.15) is 38.0 Å². The van der Waals surface area contributed by atoms with Gasteiger partial charge in [-0.2, -0.15) is 0 Å². The Balaban J connectivity index is 1.78. The third kappa shape index (κ3) is 5.67. The normalized spacial score (nSPS) is 16.8. The SMILES string of the molecule is CCNC(=NCc1cccs1)NCC1(CCOCC)CC1. The lowest BCUT2D eigenvalue weighted by molar-refractivity contribution is 0.128. The lowest BCUT2D eigenvalue weighted by Gasteiger charge is -2.18. The van der Waals surface area contributed by atoms with Crippen LogP contribution in [-0.2, 0) is 11.3 Å². The molecule has 1 fully saturated rings. The Labute approximate surface area is 132 Å². The summed E-state index contributed by atoms with van der Waals surface area (Å²) in [5.74, 6) is 0.925. The Kier molecular flexibility index (Phi) is 6.51. The summed E-state index contributed by atoms with van der Waals surface area (Å²) < 4.78 is 5.49. The van der Waals surface area contributed by atoms with Crippen molar-refractivity contribution in [2.24, 2.45) is 10.4 Å². The zero-order valence-corrected chi connectivity index (χ0v) is 14.0. The summed E-state index contributed by atoms with van der Waals surface area (Å²) in [5.41, 5.74) is 0.439. The third-order valence-corrected chi connectivity index (χ3v) is 4.75. The van der Waals surface area contributed by atoms with Gasteiger partial charge in [0, 0.05) is 31.2 Å². The predicted molar refractivity (Wildman–Crippen MR) is 89.9 cm³/mol. The van der Waals surface area contributed by atoms with E-state index in [2.05, 4.69) is 47.0 Å². The molecule has 1 aliphatic rings. The number of guanidine groups is 1. The highest BCUT2D eigenvalue weighted by atomic mass is 32.1. The highest BCUT2D eigenvalue weighted by Gasteiger charge is 2.41. The van der Waals surface area contributed by atoms with E-state index in [4.69, 9.17) is 4.74 Å². The van der Waals surface area contributed by atoms with Crippen molar-refractivity contribution in [3.8, 4) is 0 Å². The molecule has 5 heteroatoms. The monoisotopic (exact) mass is 309 g/mol. The van der Waals surface area contributed by atoms with Crippen LogP contribution in [0.4, 0.5) is 0 Å². The Hall–Kier alpha value is -1.07. The molecular weight excluding hydrogens is 282 g/mol. The Bertz CT molecular complexity index is 427. The topological polar surface area (TPSA) is 45.7 Å². The molecule has 2 rings (SSSR count). The lowest BCUT2D eigenvalue weighted by atomic mass is 10.0. The molecule has 21 heavy (non-hydrogen) atoms. The lowest BCUT2D eigenvalue weighted by Crippen LogP contribution is -2.40. The van der Waals surface area contributed by atoms with Gasteiger partial charge in [0.15, 0.2) is 5.96 Å². The molecule has 2 N–H and O–H groups in total. The molecule has 118 valence electrons. The van der Waals surface area contributed by atoms with Crippen molar-refractivity contribution < 1.29 is 4.74 Å². The van der Waals surface area contributed by atoms with Crippen molar-refractivity contribution in [1.29, 1.82) is 0 Å². The standard InChI is InChI=1S/C16H27N3OS/c1-3-17-15(18-12-14-6-5-11-21-14)19-13-16(7-8-16)9-10-20-4-2/h5-6,11H,3-4,7-10,12-13H2,1-2H3,(H2,17,18,19). The van der Waals surface area contributed by atoms with Crippen molar-refractivity contribution in [3.05, 3.63) is 22.4 Å². The second-order valence-corrected chi connectivity index (χ2v) is 6.61. The molecule has 0 aromatic carbocycles. The molecule has 0 spiro atoms. The summed E-state index contributed by atoms with van der Waals surface area (Å²) in [6.07, 6.45) is 3.76. The molecule has 1 heterocycles. The van der Waals surface area contributed by atoms with Crippen LogP contribution in [-0.4, -0.2) is 32.3 Å². The van der Waals surface area contributed by atoms with Gasteiger partial charge in [0.2, 0.25) is 0 Å². The molecule has 1 aliphatic carbocycles. The summed E-state index contributed by atoms with van der Waals surface area (Å²) >= 11 is 1.75. The molecule has 0 atom stereocenters. The molecule has 4 nitrogen and oxygen atoms in total. The minimum Gasteiger partial charge on any atom is -0.382 e. The second-order valence-electron chi connectivity index (χ2n) is 5.58. The summed E-state index contributed by atoms with van der Waals surface area (Å²) in [6, 6.07) is 4.20. The zero-order valence-electron chi connectivity index (χ0n) is 13.2. The van der Waals surface area contributed by atoms with E-state index < -0.39 is 0 Å². The zero-order chi connectivity index (χ0) is 15.0. The fraction of sp³-hybridized carbons (Fsp3) is 0.688. The van der Waals surface area contributed by atoms with Gasteiger partial charge in [-0.1, -0.05) is 6.07 Å². The van der Waals surface area contributed by atoms with Gasteiger partial charge in [0.1, 0.15) is 0 Å². The van der Waals surface area contributed by atoms with Crippen LogP contribution in [0.2, 0.25) is 0 Å². The number of aliphatic imine (C=N–C) groups is 1. The maximum absolute atomic E-state index is 5.49. The molecule has 1 saturated carbocycles. The smallest absolute Gasteiger partial charge is 0.191 e. The van der Waals surface area contributed by atoms with Crippen LogP contribution in [0.5, 0.6) is 0 Å². The number of nitrogens with zero attached hydrogens (tertiary/aromatic N) is 1. The Morgan fingerprint density at radius 3 is 2.86 bits per heavy atom. The van der Waals surface area contributed by atoms with E-state index in [1.54, 1.807) is 11.3 Å². The van der Waals surface area contributed by atoms with Gasteiger partial charge in [0.05, 0.1) is 6.54 Å². The maximum Gasteiger partial charge on any atom is 0.191 e. The Morgan fingerprint density at radius 2 is 2.24 bits per heavy atom. The van der Waals surface area contributed by atoms with Gasteiger partial charge in [-0.3, -0.25) is 0 Å². The average molecular weight is 309 g/mol. The fourth-order valence-electron chi connectivity index (χ4n) is 2.30. The predicted octanol–water partition coefficient (Wildman–Crippen LogP) is 3.01. The largest absolute Gasteiger partial charge is 0.382 e. The van der Waals surface area contributed by atoms with E-state index in [1.165, 1.54) is 17.7 Å². The summed E-state index contributed by atoms with van der Waals surface area (Å²) in [6.45, 7) is 8.48. The first-order chi connectivity index (χ1) is 10.3. The van der Waals surface area contributed by atoms with Crippen molar-refractivity contribution in [1.82, 2.24) is 10.6 Å². The molecular formula is C16H27N3OS. The molecule has 0 bridgehead atoms. The van der Waals surface area contributed by atoms with Crippen molar-refractivity contribution in [2.45, 2.75) is 39.7 Å².